The zero-order valence-corrected chi connectivity index (χ0v) is 29.3. The normalized spacial score (nSPS) is 11.2. The second-order valence-electron chi connectivity index (χ2n) is 9.70. The number of hydrogen-bond acceptors (Lipinski definition) is 8. The van der Waals surface area contributed by atoms with Crippen LogP contribution in [-0.4, -0.2) is 15.1 Å². The molecular weight excluding hydrogens is 661 g/mol. The van der Waals surface area contributed by atoms with Crippen LogP contribution in [0.2, 0.25) is 0 Å². The second-order valence-corrected chi connectivity index (χ2v) is 16.6. The van der Waals surface area contributed by atoms with Crippen LogP contribution in [0.1, 0.15) is 65.4 Å². The van der Waals surface area contributed by atoms with E-state index in [1.807, 2.05) is 72.8 Å². The fraction of sp³-hybridized carbons (Fsp3) is 0.235. The van der Waals surface area contributed by atoms with Gasteiger partial charge in [0, 0.05) is 21.6 Å². The van der Waals surface area contributed by atoms with Crippen LogP contribution < -0.4 is 9.44 Å². The maximum Gasteiger partial charge on any atom is 0.299 e. The molecule has 4 nitrogen and oxygen atoms in total. The summed E-state index contributed by atoms with van der Waals surface area (Å²) in [6.45, 7) is 2.18. The van der Waals surface area contributed by atoms with Gasteiger partial charge in [0.1, 0.15) is 0 Å². The van der Waals surface area contributed by atoms with E-state index < -0.39 is 0 Å². The molecule has 230 valence electrons. The molecule has 4 aromatic carbocycles. The summed E-state index contributed by atoms with van der Waals surface area (Å²) in [7, 11) is 5.49. The molecule has 0 saturated carbocycles. The Morgan fingerprint density at radius 3 is 1.20 bits per heavy atom. The van der Waals surface area contributed by atoms with Gasteiger partial charge in [0.05, 0.1) is 15.1 Å². The van der Waals surface area contributed by atoms with Gasteiger partial charge in [-0.25, -0.2) is 0 Å². The van der Waals surface area contributed by atoms with Gasteiger partial charge in [0.25, 0.3) is 10.5 Å². The molecule has 2 amide bonds. The topological polar surface area (TPSA) is 58.2 Å². The van der Waals surface area contributed by atoms with Gasteiger partial charge in [-0.1, -0.05) is 169 Å². The van der Waals surface area contributed by atoms with Crippen LogP contribution in [0.3, 0.4) is 0 Å². The molecule has 0 radical (unpaired) electrons. The molecular formula is C34H36N2O2S6. The number of benzene rings is 4. The summed E-state index contributed by atoms with van der Waals surface area (Å²) in [5.41, 5.74) is 4.54. The summed E-state index contributed by atoms with van der Waals surface area (Å²) >= 11 is 2.84. The summed E-state index contributed by atoms with van der Waals surface area (Å²) in [5.74, 6) is 0. The van der Waals surface area contributed by atoms with Gasteiger partial charge in [-0.05, 0) is 52.6 Å². The molecule has 0 saturated heterocycles. The van der Waals surface area contributed by atoms with Crippen molar-refractivity contribution in [2.45, 2.75) is 47.7 Å². The summed E-state index contributed by atoms with van der Waals surface area (Å²) in [5, 5.41) is -0.212. The highest BCUT2D eigenvalue weighted by molar-refractivity contribution is 8.90. The lowest BCUT2D eigenvalue weighted by atomic mass is 10.0. The molecule has 10 heteroatoms. The smallest absolute Gasteiger partial charge is 0.289 e. The first-order valence-corrected chi connectivity index (χ1v) is 20.6. The van der Waals surface area contributed by atoms with Gasteiger partial charge in [-0.2, -0.15) is 0 Å². The van der Waals surface area contributed by atoms with E-state index in [-0.39, 0.29) is 25.6 Å². The number of hydrogen-bond donors (Lipinski definition) is 2. The zero-order valence-electron chi connectivity index (χ0n) is 24.4. The Labute approximate surface area is 285 Å². The second kappa shape index (κ2) is 20.1. The van der Waals surface area contributed by atoms with E-state index in [9.17, 15) is 9.59 Å². The van der Waals surface area contributed by atoms with Crippen LogP contribution in [0.15, 0.2) is 121 Å². The van der Waals surface area contributed by atoms with Crippen molar-refractivity contribution < 1.29 is 9.59 Å². The lowest BCUT2D eigenvalue weighted by Crippen LogP contribution is -2.13. The van der Waals surface area contributed by atoms with Crippen molar-refractivity contribution in [1.82, 2.24) is 9.44 Å². The van der Waals surface area contributed by atoms with Crippen LogP contribution in [0, 0.1) is 0 Å². The highest BCUT2D eigenvalue weighted by Crippen LogP contribution is 2.44. The van der Waals surface area contributed by atoms with Crippen molar-refractivity contribution in [3.63, 3.8) is 0 Å². The molecule has 0 atom stereocenters. The molecule has 44 heavy (non-hydrogen) atoms. The van der Waals surface area contributed by atoms with E-state index in [0.29, 0.717) is 0 Å². The molecule has 0 aliphatic carbocycles. The molecule has 0 aromatic heterocycles. The number of nitrogens with one attached hydrogen (secondary N) is 2. The number of amides is 2. The molecule has 0 spiro atoms. The predicted molar refractivity (Wildman–Crippen MR) is 200 cm³/mol. The van der Waals surface area contributed by atoms with Gasteiger partial charge in [0.15, 0.2) is 0 Å². The molecule has 0 bridgehead atoms. The Morgan fingerprint density at radius 1 is 0.545 bits per heavy atom. The molecule has 2 N–H and O–H groups in total. The van der Waals surface area contributed by atoms with Gasteiger partial charge in [0.2, 0.25) is 0 Å². The maximum absolute atomic E-state index is 12.9. The molecule has 0 aliphatic heterocycles. The Kier molecular flexibility index (Phi) is 15.9. The van der Waals surface area contributed by atoms with Crippen LogP contribution in [0.25, 0.3) is 0 Å². The van der Waals surface area contributed by atoms with Crippen LogP contribution >= 0.6 is 67.1 Å². The molecule has 0 heterocycles. The Hall–Kier alpha value is -2.08. The lowest BCUT2D eigenvalue weighted by molar-refractivity contribution is 0.264. The summed E-state index contributed by atoms with van der Waals surface area (Å²) in [4.78, 5) is 25.9. The van der Waals surface area contributed by atoms with Crippen molar-refractivity contribution in [3.8, 4) is 0 Å². The molecule has 0 aliphatic rings. The SMILES string of the molecule is CCCCCC(SSC(=O)NSC(c1ccccc1)c1ccccc1)SSC(=O)NSC(c1ccccc1)c1ccccc1. The van der Waals surface area contributed by atoms with E-state index in [0.717, 1.165) is 47.9 Å². The highest BCUT2D eigenvalue weighted by Gasteiger charge is 2.21. The van der Waals surface area contributed by atoms with E-state index in [1.165, 1.54) is 67.1 Å². The summed E-state index contributed by atoms with van der Waals surface area (Å²) in [6.07, 6.45) is 4.24. The minimum atomic E-state index is -0.100. The van der Waals surface area contributed by atoms with Crippen molar-refractivity contribution in [2.24, 2.45) is 0 Å². The number of rotatable bonds is 16. The van der Waals surface area contributed by atoms with Crippen LogP contribution in [0.4, 0.5) is 9.59 Å². The minimum absolute atomic E-state index is 0.00553. The molecule has 4 aromatic rings. The molecule has 4 rings (SSSR count). The van der Waals surface area contributed by atoms with E-state index in [1.54, 1.807) is 0 Å². The first-order chi connectivity index (χ1) is 21.6. The monoisotopic (exact) mass is 696 g/mol. The third-order valence-electron chi connectivity index (χ3n) is 6.44. The first kappa shape index (κ1) is 34.8. The van der Waals surface area contributed by atoms with E-state index in [4.69, 9.17) is 0 Å². The van der Waals surface area contributed by atoms with Crippen molar-refractivity contribution in [1.29, 1.82) is 0 Å². The van der Waals surface area contributed by atoms with Gasteiger partial charge >= 0.3 is 0 Å². The largest absolute Gasteiger partial charge is 0.299 e. The van der Waals surface area contributed by atoms with Crippen molar-refractivity contribution in [3.05, 3.63) is 144 Å². The summed E-state index contributed by atoms with van der Waals surface area (Å²) in [6, 6.07) is 40.8. The minimum Gasteiger partial charge on any atom is -0.289 e. The number of carbonyl (C=O) groups is 2. The average Bonchev–Trinajstić information content (AvgIpc) is 3.08. The van der Waals surface area contributed by atoms with Crippen LogP contribution in [0.5, 0.6) is 0 Å². The lowest BCUT2D eigenvalue weighted by Gasteiger charge is -2.19. The molecule has 0 unspecified atom stereocenters. The van der Waals surface area contributed by atoms with Gasteiger partial charge < -0.3 is 0 Å². The highest BCUT2D eigenvalue weighted by atomic mass is 33.1. The third kappa shape index (κ3) is 12.0. The maximum atomic E-state index is 12.9. The Morgan fingerprint density at radius 2 is 0.886 bits per heavy atom. The number of unbranched alkanes of at least 4 members (excludes halogenated alkanes) is 2. The quantitative estimate of drug-likeness (QED) is 0.0520. The fourth-order valence-corrected chi connectivity index (χ4v) is 11.7. The first-order valence-electron chi connectivity index (χ1n) is 14.4. The predicted octanol–water partition coefficient (Wildman–Crippen LogP) is 12.0. The third-order valence-corrected chi connectivity index (χ3v) is 14.6. The summed E-state index contributed by atoms with van der Waals surface area (Å²) < 4.78 is 6.20. The fourth-order valence-electron chi connectivity index (χ4n) is 4.28. The van der Waals surface area contributed by atoms with Gasteiger partial charge in [-0.3, -0.25) is 19.0 Å². The van der Waals surface area contributed by atoms with E-state index >= 15 is 0 Å². The Balaban J connectivity index is 1.28. The average molecular weight is 697 g/mol. The van der Waals surface area contributed by atoms with Crippen molar-refractivity contribution >= 4 is 77.5 Å². The standard InChI is InChI=1S/C34H36N2O2S6/c1-2-3-8-25-30(41-43-33(37)35-39-31(26-17-9-4-10-18-26)27-19-11-5-12-20-27)42-44-34(38)36-40-32(28-21-13-6-14-22-28)29-23-15-7-16-24-29/h4-7,9-24,30-32H,2-3,8,25H2,1H3,(H,35,37)(H,36,38). The van der Waals surface area contributed by atoms with Gasteiger partial charge in [-0.15, -0.1) is 0 Å². The Bertz CT molecular complexity index is 1200. The van der Waals surface area contributed by atoms with E-state index in [2.05, 4.69) is 64.9 Å². The zero-order chi connectivity index (χ0) is 30.8. The number of carbonyl (C=O) groups excluding carboxylic acids is 2. The van der Waals surface area contributed by atoms with Crippen LogP contribution in [-0.2, 0) is 0 Å². The molecule has 0 fully saturated rings. The van der Waals surface area contributed by atoms with Crippen molar-refractivity contribution in [2.75, 3.05) is 0 Å².